The Morgan fingerprint density at radius 3 is 1.07 bits per heavy atom. The predicted octanol–water partition coefficient (Wildman–Crippen LogP) is 6.67. The lowest BCUT2D eigenvalue weighted by molar-refractivity contribution is 0.180. The van der Waals surface area contributed by atoms with Crippen molar-refractivity contribution in [2.24, 2.45) is 0 Å². The van der Waals surface area contributed by atoms with E-state index in [1.165, 1.54) is 96.3 Å². The largest absolute Gasteiger partial charge is 0.393 e. The fraction of sp³-hybridized carbons (Fsp3) is 1.00. The molecule has 0 heterocycles. The summed E-state index contributed by atoms with van der Waals surface area (Å²) in [5.74, 6) is -0.0863. The summed E-state index contributed by atoms with van der Waals surface area (Å²) in [5, 5.41) is 9.19. The number of hydrogen-bond acceptors (Lipinski definition) is 3. The average Bonchev–Trinajstić information content (AvgIpc) is 2.58. The van der Waals surface area contributed by atoms with Gasteiger partial charge in [0, 0.05) is 0 Å². The standard InChI is InChI=1S/C22H46O4S/c1-22(23)20-18-16-14-12-10-8-6-4-2-3-5-7-9-11-13-15-17-19-21-27(24,25)26/h22-23H,2-21H2,1H3,(H,24,25,26). The highest BCUT2D eigenvalue weighted by atomic mass is 32.2. The van der Waals surface area contributed by atoms with E-state index in [9.17, 15) is 13.5 Å². The van der Waals surface area contributed by atoms with E-state index in [0.717, 1.165) is 19.3 Å². The van der Waals surface area contributed by atoms with Crippen LogP contribution < -0.4 is 0 Å². The summed E-state index contributed by atoms with van der Waals surface area (Å²) in [6, 6.07) is 0. The SMILES string of the molecule is CC(O)CCCCCCCCCCCCCCCCCCCCS(=O)(=O)O. The van der Waals surface area contributed by atoms with Gasteiger partial charge in [-0.05, 0) is 19.8 Å². The maximum atomic E-state index is 10.6. The monoisotopic (exact) mass is 406 g/mol. The van der Waals surface area contributed by atoms with Gasteiger partial charge in [-0.15, -0.1) is 0 Å². The van der Waals surface area contributed by atoms with Crippen LogP contribution in [0.2, 0.25) is 0 Å². The van der Waals surface area contributed by atoms with Gasteiger partial charge in [-0.1, -0.05) is 109 Å². The van der Waals surface area contributed by atoms with Crippen LogP contribution in [0.4, 0.5) is 0 Å². The number of aliphatic hydroxyl groups is 1. The summed E-state index contributed by atoms with van der Waals surface area (Å²) >= 11 is 0. The number of rotatable bonds is 21. The Morgan fingerprint density at radius 1 is 0.556 bits per heavy atom. The molecule has 4 nitrogen and oxygen atoms in total. The summed E-state index contributed by atoms with van der Waals surface area (Å²) in [6.07, 6.45) is 23.2. The minimum atomic E-state index is -3.76. The first-order valence-corrected chi connectivity index (χ1v) is 13.2. The molecule has 0 saturated carbocycles. The third kappa shape index (κ3) is 25.9. The van der Waals surface area contributed by atoms with E-state index >= 15 is 0 Å². The summed E-state index contributed by atoms with van der Waals surface area (Å²) in [7, 11) is -3.76. The zero-order chi connectivity index (χ0) is 20.2. The molecule has 5 heteroatoms. The molecule has 1 atom stereocenters. The Hall–Kier alpha value is -0.130. The Kier molecular flexibility index (Phi) is 19.1. The van der Waals surface area contributed by atoms with Crippen LogP contribution in [0.25, 0.3) is 0 Å². The molecule has 0 rings (SSSR count). The van der Waals surface area contributed by atoms with Crippen molar-refractivity contribution in [2.45, 2.75) is 135 Å². The Morgan fingerprint density at radius 2 is 0.815 bits per heavy atom. The van der Waals surface area contributed by atoms with Gasteiger partial charge in [-0.25, -0.2) is 0 Å². The van der Waals surface area contributed by atoms with Crippen LogP contribution in [0.5, 0.6) is 0 Å². The van der Waals surface area contributed by atoms with Crippen molar-refractivity contribution in [2.75, 3.05) is 5.75 Å². The van der Waals surface area contributed by atoms with Gasteiger partial charge >= 0.3 is 0 Å². The minimum Gasteiger partial charge on any atom is -0.393 e. The molecule has 0 aromatic heterocycles. The van der Waals surface area contributed by atoms with Crippen molar-refractivity contribution in [3.63, 3.8) is 0 Å². The third-order valence-electron chi connectivity index (χ3n) is 5.27. The highest BCUT2D eigenvalue weighted by Gasteiger charge is 2.02. The van der Waals surface area contributed by atoms with Crippen molar-refractivity contribution in [3.8, 4) is 0 Å². The molecule has 2 N–H and O–H groups in total. The van der Waals surface area contributed by atoms with Crippen LogP contribution in [-0.2, 0) is 10.1 Å². The van der Waals surface area contributed by atoms with E-state index in [4.69, 9.17) is 4.55 Å². The molecule has 1 unspecified atom stereocenters. The van der Waals surface area contributed by atoms with Gasteiger partial charge in [0.05, 0.1) is 11.9 Å². The molecule has 0 saturated heterocycles. The summed E-state index contributed by atoms with van der Waals surface area (Å²) < 4.78 is 29.8. The molecule has 0 fully saturated rings. The molecule has 0 radical (unpaired) electrons. The first-order chi connectivity index (χ1) is 12.9. The lowest BCUT2D eigenvalue weighted by Crippen LogP contribution is -2.03. The molecule has 0 aliphatic carbocycles. The van der Waals surface area contributed by atoms with Gasteiger partial charge in [-0.3, -0.25) is 4.55 Å². The maximum absolute atomic E-state index is 10.6. The Balaban J connectivity index is 3.05. The quantitative estimate of drug-likeness (QED) is 0.165. The number of hydrogen-bond donors (Lipinski definition) is 2. The molecular formula is C22H46O4S. The molecule has 0 bridgehead atoms. The lowest BCUT2D eigenvalue weighted by atomic mass is 10.0. The average molecular weight is 407 g/mol. The van der Waals surface area contributed by atoms with E-state index < -0.39 is 10.1 Å². The fourth-order valence-corrected chi connectivity index (χ4v) is 4.12. The smallest absolute Gasteiger partial charge is 0.264 e. The second kappa shape index (κ2) is 19.2. The molecule has 0 aromatic rings. The Bertz CT molecular complexity index is 393. The van der Waals surface area contributed by atoms with Crippen LogP contribution in [0.15, 0.2) is 0 Å². The zero-order valence-corrected chi connectivity index (χ0v) is 18.7. The molecule has 0 aromatic carbocycles. The van der Waals surface area contributed by atoms with Crippen molar-refractivity contribution < 1.29 is 18.1 Å². The minimum absolute atomic E-state index is 0.0863. The van der Waals surface area contributed by atoms with E-state index in [2.05, 4.69) is 0 Å². The highest BCUT2D eigenvalue weighted by molar-refractivity contribution is 7.85. The molecule has 0 aliphatic rings. The lowest BCUT2D eigenvalue weighted by Gasteiger charge is -2.05. The molecule has 27 heavy (non-hydrogen) atoms. The molecule has 0 amide bonds. The molecule has 164 valence electrons. The van der Waals surface area contributed by atoms with Gasteiger partial charge in [0.2, 0.25) is 0 Å². The summed E-state index contributed by atoms with van der Waals surface area (Å²) in [5.41, 5.74) is 0. The Labute approximate surface area is 169 Å². The molecule has 0 spiro atoms. The van der Waals surface area contributed by atoms with Crippen LogP contribution in [0.3, 0.4) is 0 Å². The van der Waals surface area contributed by atoms with Gasteiger partial charge in [-0.2, -0.15) is 8.42 Å². The van der Waals surface area contributed by atoms with Crippen molar-refractivity contribution >= 4 is 10.1 Å². The third-order valence-corrected chi connectivity index (χ3v) is 6.08. The number of aliphatic hydroxyl groups excluding tert-OH is 1. The molecular weight excluding hydrogens is 360 g/mol. The number of unbranched alkanes of at least 4 members (excludes halogenated alkanes) is 17. The molecule has 0 aliphatic heterocycles. The van der Waals surface area contributed by atoms with Crippen LogP contribution in [0, 0.1) is 0 Å². The van der Waals surface area contributed by atoms with Gasteiger partial charge in [0.15, 0.2) is 0 Å². The highest BCUT2D eigenvalue weighted by Crippen LogP contribution is 2.14. The van der Waals surface area contributed by atoms with Gasteiger partial charge in [0.25, 0.3) is 10.1 Å². The van der Waals surface area contributed by atoms with Gasteiger partial charge < -0.3 is 5.11 Å². The van der Waals surface area contributed by atoms with E-state index in [1.54, 1.807) is 0 Å². The normalized spacial score (nSPS) is 13.1. The van der Waals surface area contributed by atoms with Crippen molar-refractivity contribution in [1.82, 2.24) is 0 Å². The van der Waals surface area contributed by atoms with E-state index in [-0.39, 0.29) is 11.9 Å². The summed E-state index contributed by atoms with van der Waals surface area (Å²) in [6.45, 7) is 1.88. The van der Waals surface area contributed by atoms with Gasteiger partial charge in [0.1, 0.15) is 0 Å². The maximum Gasteiger partial charge on any atom is 0.264 e. The zero-order valence-electron chi connectivity index (χ0n) is 17.8. The first-order valence-electron chi connectivity index (χ1n) is 11.5. The van der Waals surface area contributed by atoms with Crippen LogP contribution in [0.1, 0.15) is 129 Å². The van der Waals surface area contributed by atoms with Crippen LogP contribution in [-0.4, -0.2) is 29.9 Å². The predicted molar refractivity (Wildman–Crippen MR) is 116 cm³/mol. The fourth-order valence-electron chi connectivity index (χ4n) is 3.55. The van der Waals surface area contributed by atoms with E-state index in [0.29, 0.717) is 6.42 Å². The van der Waals surface area contributed by atoms with Crippen molar-refractivity contribution in [3.05, 3.63) is 0 Å². The topological polar surface area (TPSA) is 74.6 Å². The second-order valence-corrected chi connectivity index (χ2v) is 9.86. The van der Waals surface area contributed by atoms with Crippen molar-refractivity contribution in [1.29, 1.82) is 0 Å². The van der Waals surface area contributed by atoms with E-state index in [1.807, 2.05) is 6.92 Å². The first kappa shape index (κ1) is 26.9. The summed E-state index contributed by atoms with van der Waals surface area (Å²) in [4.78, 5) is 0. The second-order valence-electron chi connectivity index (χ2n) is 8.29. The van der Waals surface area contributed by atoms with Crippen LogP contribution >= 0.6 is 0 Å².